The van der Waals surface area contributed by atoms with Gasteiger partial charge in [0, 0.05) is 6.54 Å². The molecular weight excluding hydrogens is 160 g/mol. The molecule has 80 valence electrons. The third-order valence-corrected chi connectivity index (χ3v) is 2.29. The first-order valence-corrected chi connectivity index (χ1v) is 5.93. The minimum absolute atomic E-state index is 1.16. The zero-order valence-electron chi connectivity index (χ0n) is 9.66. The molecule has 0 amide bonds. The van der Waals surface area contributed by atoms with Crippen LogP contribution in [0.1, 0.15) is 52.9 Å². The standard InChI is InChI=1S/C11H26N2/c1-4-7-10-13(11-8-5-2)12-9-6-3/h12H,4-11H2,1-3H3/p+1. The molecule has 0 aromatic rings. The fourth-order valence-corrected chi connectivity index (χ4v) is 1.38. The maximum Gasteiger partial charge on any atom is 0.0945 e. The molecule has 0 bridgehead atoms. The molecule has 0 aromatic carbocycles. The number of hydrogen-bond donors (Lipinski definition) is 2. The van der Waals surface area contributed by atoms with Crippen LogP contribution >= 0.6 is 0 Å². The minimum Gasteiger partial charge on any atom is -0.257 e. The predicted molar refractivity (Wildman–Crippen MR) is 58.8 cm³/mol. The van der Waals surface area contributed by atoms with E-state index in [1.54, 1.807) is 5.01 Å². The monoisotopic (exact) mass is 187 g/mol. The number of quaternary nitrogens is 1. The van der Waals surface area contributed by atoms with Crippen LogP contribution < -0.4 is 10.4 Å². The molecule has 0 unspecified atom stereocenters. The van der Waals surface area contributed by atoms with E-state index in [0.717, 1.165) is 6.54 Å². The molecule has 0 aromatic heterocycles. The van der Waals surface area contributed by atoms with Crippen LogP contribution in [0.4, 0.5) is 0 Å². The highest BCUT2D eigenvalue weighted by molar-refractivity contribution is 4.34. The van der Waals surface area contributed by atoms with Gasteiger partial charge in [-0.05, 0) is 19.3 Å². The van der Waals surface area contributed by atoms with Crippen molar-refractivity contribution < 1.29 is 5.01 Å². The average Bonchev–Trinajstić information content (AvgIpc) is 2.17. The number of nitrogens with one attached hydrogen (secondary N) is 2. The van der Waals surface area contributed by atoms with Gasteiger partial charge in [-0.25, -0.2) is 0 Å². The van der Waals surface area contributed by atoms with Gasteiger partial charge in [0.2, 0.25) is 0 Å². The molecule has 0 saturated heterocycles. The van der Waals surface area contributed by atoms with Gasteiger partial charge in [0.05, 0.1) is 13.1 Å². The van der Waals surface area contributed by atoms with Crippen molar-refractivity contribution in [2.45, 2.75) is 52.9 Å². The van der Waals surface area contributed by atoms with Gasteiger partial charge in [0.15, 0.2) is 0 Å². The molecule has 0 aliphatic carbocycles. The third kappa shape index (κ3) is 8.26. The minimum atomic E-state index is 1.16. The van der Waals surface area contributed by atoms with Crippen molar-refractivity contribution in [1.29, 1.82) is 0 Å². The van der Waals surface area contributed by atoms with E-state index in [1.165, 1.54) is 45.2 Å². The average molecular weight is 187 g/mol. The Bertz CT molecular complexity index is 75.1. The summed E-state index contributed by atoms with van der Waals surface area (Å²) in [6.45, 7) is 10.5. The van der Waals surface area contributed by atoms with E-state index in [0.29, 0.717) is 0 Å². The second kappa shape index (κ2) is 10.0. The molecule has 0 radical (unpaired) electrons. The van der Waals surface area contributed by atoms with Gasteiger partial charge in [-0.3, -0.25) is 5.01 Å². The molecule has 0 saturated carbocycles. The van der Waals surface area contributed by atoms with Gasteiger partial charge >= 0.3 is 0 Å². The van der Waals surface area contributed by atoms with Crippen molar-refractivity contribution in [3.63, 3.8) is 0 Å². The maximum absolute atomic E-state index is 3.56. The normalized spacial score (nSPS) is 11.1. The van der Waals surface area contributed by atoms with Crippen LogP contribution in [0.5, 0.6) is 0 Å². The maximum atomic E-state index is 3.56. The Morgan fingerprint density at radius 1 is 0.846 bits per heavy atom. The van der Waals surface area contributed by atoms with Crippen LogP contribution in [-0.2, 0) is 0 Å². The molecule has 0 spiro atoms. The van der Waals surface area contributed by atoms with E-state index in [-0.39, 0.29) is 0 Å². The summed E-state index contributed by atoms with van der Waals surface area (Å²) in [5.74, 6) is 0. The first-order valence-electron chi connectivity index (χ1n) is 5.93. The quantitative estimate of drug-likeness (QED) is 0.521. The van der Waals surface area contributed by atoms with E-state index in [9.17, 15) is 0 Å². The molecule has 0 rings (SSSR count). The number of hydrogen-bond acceptors (Lipinski definition) is 1. The number of rotatable bonds is 9. The van der Waals surface area contributed by atoms with Crippen molar-refractivity contribution >= 4 is 0 Å². The topological polar surface area (TPSA) is 16.5 Å². The Kier molecular flexibility index (Phi) is 9.94. The second-order valence-corrected chi connectivity index (χ2v) is 3.74. The lowest BCUT2D eigenvalue weighted by Gasteiger charge is -2.18. The highest BCUT2D eigenvalue weighted by atomic mass is 15.5. The fraction of sp³-hybridized carbons (Fsp3) is 1.00. The molecule has 0 aliphatic rings. The van der Waals surface area contributed by atoms with Crippen molar-refractivity contribution in [2.24, 2.45) is 0 Å². The first kappa shape index (κ1) is 12.9. The predicted octanol–water partition coefficient (Wildman–Crippen LogP) is 1.39. The lowest BCUT2D eigenvalue weighted by atomic mass is 10.3. The smallest absolute Gasteiger partial charge is 0.0945 e. The van der Waals surface area contributed by atoms with Crippen LogP contribution in [0.25, 0.3) is 0 Å². The summed E-state index contributed by atoms with van der Waals surface area (Å²) in [5.41, 5.74) is 3.56. The molecular formula is C11H27N2+. The van der Waals surface area contributed by atoms with E-state index < -0.39 is 0 Å². The van der Waals surface area contributed by atoms with Gasteiger partial charge in [0.1, 0.15) is 0 Å². The lowest BCUT2D eigenvalue weighted by molar-refractivity contribution is -0.945. The molecule has 0 atom stereocenters. The Balaban J connectivity index is 3.47. The zero-order chi connectivity index (χ0) is 9.94. The SMILES string of the molecule is CCCC[NH+](CCCC)NCCC. The molecule has 13 heavy (non-hydrogen) atoms. The molecule has 2 N–H and O–H groups in total. The van der Waals surface area contributed by atoms with Crippen LogP contribution in [0.3, 0.4) is 0 Å². The Morgan fingerprint density at radius 3 is 1.77 bits per heavy atom. The summed E-state index contributed by atoms with van der Waals surface area (Å²) in [4.78, 5) is 0. The Morgan fingerprint density at radius 2 is 1.38 bits per heavy atom. The van der Waals surface area contributed by atoms with Crippen molar-refractivity contribution in [3.05, 3.63) is 0 Å². The van der Waals surface area contributed by atoms with E-state index in [2.05, 4.69) is 26.2 Å². The summed E-state index contributed by atoms with van der Waals surface area (Å²) in [5, 5.41) is 1.59. The summed E-state index contributed by atoms with van der Waals surface area (Å²) < 4.78 is 0. The summed E-state index contributed by atoms with van der Waals surface area (Å²) in [6, 6.07) is 0. The van der Waals surface area contributed by atoms with Crippen molar-refractivity contribution in [1.82, 2.24) is 5.43 Å². The lowest BCUT2D eigenvalue weighted by Crippen LogP contribution is -3.18. The second-order valence-electron chi connectivity index (χ2n) is 3.74. The molecule has 0 aliphatic heterocycles. The summed E-state index contributed by atoms with van der Waals surface area (Å²) in [6.07, 6.45) is 6.54. The highest BCUT2D eigenvalue weighted by Crippen LogP contribution is 1.82. The van der Waals surface area contributed by atoms with E-state index >= 15 is 0 Å². The van der Waals surface area contributed by atoms with Crippen LogP contribution in [0.2, 0.25) is 0 Å². The first-order chi connectivity index (χ1) is 6.35. The molecule has 2 heteroatoms. The summed E-state index contributed by atoms with van der Waals surface area (Å²) >= 11 is 0. The Hall–Kier alpha value is -0.0800. The van der Waals surface area contributed by atoms with Crippen LogP contribution in [0, 0.1) is 0 Å². The Labute approximate surface area is 83.7 Å². The third-order valence-electron chi connectivity index (χ3n) is 2.29. The van der Waals surface area contributed by atoms with Gasteiger partial charge in [-0.15, -0.1) is 0 Å². The van der Waals surface area contributed by atoms with E-state index in [4.69, 9.17) is 0 Å². The van der Waals surface area contributed by atoms with Crippen LogP contribution in [-0.4, -0.2) is 19.6 Å². The number of unbranched alkanes of at least 4 members (excludes halogenated alkanes) is 2. The van der Waals surface area contributed by atoms with E-state index in [1.807, 2.05) is 0 Å². The highest BCUT2D eigenvalue weighted by Gasteiger charge is 2.04. The fourth-order valence-electron chi connectivity index (χ4n) is 1.38. The van der Waals surface area contributed by atoms with Gasteiger partial charge in [-0.2, -0.15) is 5.43 Å². The molecule has 0 heterocycles. The van der Waals surface area contributed by atoms with Gasteiger partial charge < -0.3 is 0 Å². The summed E-state index contributed by atoms with van der Waals surface area (Å²) in [7, 11) is 0. The largest absolute Gasteiger partial charge is 0.257 e. The molecule has 0 fully saturated rings. The van der Waals surface area contributed by atoms with Gasteiger partial charge in [-0.1, -0.05) is 33.6 Å². The van der Waals surface area contributed by atoms with Crippen molar-refractivity contribution in [3.8, 4) is 0 Å². The van der Waals surface area contributed by atoms with Crippen LogP contribution in [0.15, 0.2) is 0 Å². The van der Waals surface area contributed by atoms with Crippen molar-refractivity contribution in [2.75, 3.05) is 19.6 Å². The zero-order valence-corrected chi connectivity index (χ0v) is 9.66. The van der Waals surface area contributed by atoms with Gasteiger partial charge in [0.25, 0.3) is 0 Å². The molecule has 2 nitrogen and oxygen atoms in total.